The number of piperidine rings is 1. The Balaban J connectivity index is 1.75. The highest BCUT2D eigenvalue weighted by molar-refractivity contribution is 5.96. The van der Waals surface area contributed by atoms with Gasteiger partial charge in [-0.3, -0.25) is 9.69 Å². The second kappa shape index (κ2) is 11.7. The topological polar surface area (TPSA) is 59.1 Å². The fraction of sp³-hybridized carbons (Fsp3) is 0.615. The molecule has 1 heterocycles. The number of fused-ring (bicyclic) bond motifs is 1. The van der Waals surface area contributed by atoms with Crippen molar-refractivity contribution in [2.45, 2.75) is 44.8 Å². The van der Waals surface area contributed by atoms with Crippen LogP contribution in [0.2, 0.25) is 0 Å². The van der Waals surface area contributed by atoms with E-state index in [4.69, 9.17) is 0 Å². The van der Waals surface area contributed by atoms with Crippen LogP contribution in [0.1, 0.15) is 31.7 Å². The third kappa shape index (κ3) is 7.05. The SMILES string of the molecule is CCN(CCN(C)C)C(=O)NC1CC2CC(=O)/C(=C/N(C)C)CC2N(Cc2ccccc2)C1. The second-order valence-electron chi connectivity index (χ2n) is 9.96. The van der Waals surface area contributed by atoms with Crippen molar-refractivity contribution in [1.82, 2.24) is 24.9 Å². The van der Waals surface area contributed by atoms with Gasteiger partial charge in [0.25, 0.3) is 0 Å². The number of rotatable bonds is 8. The molecule has 0 radical (unpaired) electrons. The van der Waals surface area contributed by atoms with Crippen LogP contribution in [0.15, 0.2) is 42.1 Å². The first-order valence-corrected chi connectivity index (χ1v) is 12.1. The van der Waals surface area contributed by atoms with E-state index in [9.17, 15) is 9.59 Å². The van der Waals surface area contributed by atoms with Crippen molar-refractivity contribution >= 4 is 11.8 Å². The van der Waals surface area contributed by atoms with Crippen molar-refractivity contribution in [1.29, 1.82) is 0 Å². The first-order chi connectivity index (χ1) is 15.8. The predicted molar refractivity (Wildman–Crippen MR) is 133 cm³/mol. The van der Waals surface area contributed by atoms with E-state index in [1.165, 1.54) is 5.56 Å². The molecule has 33 heavy (non-hydrogen) atoms. The molecule has 3 rings (SSSR count). The minimum absolute atomic E-state index is 0.00205. The summed E-state index contributed by atoms with van der Waals surface area (Å²) in [6, 6.07) is 10.8. The van der Waals surface area contributed by atoms with E-state index < -0.39 is 0 Å². The van der Waals surface area contributed by atoms with E-state index in [-0.39, 0.29) is 23.8 Å². The molecule has 1 aromatic carbocycles. The van der Waals surface area contributed by atoms with E-state index >= 15 is 0 Å². The Bertz CT molecular complexity index is 823. The number of amides is 2. The summed E-state index contributed by atoms with van der Waals surface area (Å²) in [5.41, 5.74) is 2.18. The highest BCUT2D eigenvalue weighted by Crippen LogP contribution is 2.37. The maximum Gasteiger partial charge on any atom is 0.317 e. The first-order valence-electron chi connectivity index (χ1n) is 12.1. The number of carbonyl (C=O) groups is 2. The smallest absolute Gasteiger partial charge is 0.317 e. The number of carbonyl (C=O) groups excluding carboxylic acids is 2. The number of benzene rings is 1. The molecule has 2 amide bonds. The molecule has 3 atom stereocenters. The summed E-state index contributed by atoms with van der Waals surface area (Å²) in [6.07, 6.45) is 4.17. The van der Waals surface area contributed by atoms with Crippen molar-refractivity contribution in [3.63, 3.8) is 0 Å². The van der Waals surface area contributed by atoms with Gasteiger partial charge in [-0.05, 0) is 45.3 Å². The summed E-state index contributed by atoms with van der Waals surface area (Å²) in [4.78, 5) is 34.3. The third-order valence-electron chi connectivity index (χ3n) is 6.75. The van der Waals surface area contributed by atoms with Gasteiger partial charge < -0.3 is 20.0 Å². The zero-order chi connectivity index (χ0) is 24.0. The molecular formula is C26H41N5O2. The van der Waals surface area contributed by atoms with Crippen LogP contribution in [0.4, 0.5) is 4.79 Å². The Hall–Kier alpha value is -2.38. The molecule has 2 aliphatic rings. The van der Waals surface area contributed by atoms with E-state index in [0.29, 0.717) is 25.6 Å². The summed E-state index contributed by atoms with van der Waals surface area (Å²) in [5, 5.41) is 3.29. The highest BCUT2D eigenvalue weighted by atomic mass is 16.2. The van der Waals surface area contributed by atoms with Gasteiger partial charge in [-0.2, -0.15) is 0 Å². The number of ketones is 1. The molecule has 182 valence electrons. The summed E-state index contributed by atoms with van der Waals surface area (Å²) >= 11 is 0. The van der Waals surface area contributed by atoms with Crippen molar-refractivity contribution in [3.8, 4) is 0 Å². The highest BCUT2D eigenvalue weighted by Gasteiger charge is 2.42. The van der Waals surface area contributed by atoms with Crippen LogP contribution in [0.3, 0.4) is 0 Å². The van der Waals surface area contributed by atoms with Crippen molar-refractivity contribution in [3.05, 3.63) is 47.7 Å². The van der Waals surface area contributed by atoms with Gasteiger partial charge in [-0.1, -0.05) is 30.3 Å². The number of hydrogen-bond acceptors (Lipinski definition) is 5. The van der Waals surface area contributed by atoms with E-state index in [1.807, 2.05) is 57.2 Å². The summed E-state index contributed by atoms with van der Waals surface area (Å²) in [7, 11) is 7.98. The normalized spacial score (nSPS) is 24.6. The summed E-state index contributed by atoms with van der Waals surface area (Å²) < 4.78 is 0. The van der Waals surface area contributed by atoms with Gasteiger partial charge in [0.05, 0.1) is 0 Å². The molecule has 0 aromatic heterocycles. The first kappa shape index (κ1) is 25.2. The lowest BCUT2D eigenvalue weighted by Crippen LogP contribution is -2.58. The average Bonchev–Trinajstić information content (AvgIpc) is 2.75. The standard InChI is InChI=1S/C26H41N5O2/c1-6-30(13-12-28(2)3)26(33)27-23-14-21-16-25(32)22(18-29(4)5)15-24(21)31(19-23)17-20-10-8-7-9-11-20/h7-11,18,21,23-24H,6,12-17,19H2,1-5H3,(H,27,33)/b22-18+. The lowest BCUT2D eigenvalue weighted by atomic mass is 9.74. The van der Waals surface area contributed by atoms with E-state index in [2.05, 4.69) is 39.4 Å². The Morgan fingerprint density at radius 3 is 2.48 bits per heavy atom. The molecule has 1 aliphatic carbocycles. The summed E-state index contributed by atoms with van der Waals surface area (Å²) in [6.45, 7) is 5.88. The third-order valence-corrected chi connectivity index (χ3v) is 6.75. The second-order valence-corrected chi connectivity index (χ2v) is 9.96. The number of hydrogen-bond donors (Lipinski definition) is 1. The molecule has 0 spiro atoms. The molecule has 7 nitrogen and oxygen atoms in total. The number of likely N-dealkylation sites (N-methyl/N-ethyl adjacent to an activating group) is 2. The van der Waals surface area contributed by atoms with Crippen LogP contribution >= 0.6 is 0 Å². The van der Waals surface area contributed by atoms with Crippen LogP contribution in [0.25, 0.3) is 0 Å². The monoisotopic (exact) mass is 455 g/mol. The molecule has 2 fully saturated rings. The number of likely N-dealkylation sites (tertiary alicyclic amines) is 1. The lowest BCUT2D eigenvalue weighted by molar-refractivity contribution is -0.120. The molecule has 1 saturated carbocycles. The number of urea groups is 1. The van der Waals surface area contributed by atoms with Crippen molar-refractivity contribution in [2.75, 3.05) is 54.4 Å². The van der Waals surface area contributed by atoms with Gasteiger partial charge >= 0.3 is 6.03 Å². The molecule has 0 bridgehead atoms. The van der Waals surface area contributed by atoms with Gasteiger partial charge in [0.2, 0.25) is 0 Å². The Morgan fingerprint density at radius 1 is 1.12 bits per heavy atom. The van der Waals surface area contributed by atoms with Gasteiger partial charge in [0.15, 0.2) is 5.78 Å². The zero-order valence-corrected chi connectivity index (χ0v) is 21.0. The predicted octanol–water partition coefficient (Wildman–Crippen LogP) is 2.65. The van der Waals surface area contributed by atoms with Crippen LogP contribution in [0.5, 0.6) is 0 Å². The van der Waals surface area contributed by atoms with Gasteiger partial charge in [-0.15, -0.1) is 0 Å². The minimum atomic E-state index is -0.00205. The maximum absolute atomic E-state index is 13.0. The molecule has 3 unspecified atom stereocenters. The molecule has 1 N–H and O–H groups in total. The Morgan fingerprint density at radius 2 is 1.85 bits per heavy atom. The lowest BCUT2D eigenvalue weighted by Gasteiger charge is -2.47. The van der Waals surface area contributed by atoms with Crippen molar-refractivity contribution < 1.29 is 9.59 Å². The van der Waals surface area contributed by atoms with E-state index in [0.717, 1.165) is 38.0 Å². The number of nitrogens with zero attached hydrogens (tertiary/aromatic N) is 4. The zero-order valence-electron chi connectivity index (χ0n) is 21.0. The largest absolute Gasteiger partial charge is 0.383 e. The number of nitrogens with one attached hydrogen (secondary N) is 1. The Labute approximate surface area is 199 Å². The fourth-order valence-electron chi connectivity index (χ4n) is 5.07. The van der Waals surface area contributed by atoms with Gasteiger partial charge in [-0.25, -0.2) is 4.79 Å². The molecule has 1 aromatic rings. The van der Waals surface area contributed by atoms with Crippen LogP contribution in [-0.4, -0.2) is 97.9 Å². The molecule has 1 aliphatic heterocycles. The molecule has 7 heteroatoms. The van der Waals surface area contributed by atoms with Crippen LogP contribution in [-0.2, 0) is 11.3 Å². The van der Waals surface area contributed by atoms with Crippen LogP contribution in [0, 0.1) is 5.92 Å². The minimum Gasteiger partial charge on any atom is -0.383 e. The van der Waals surface area contributed by atoms with E-state index in [1.54, 1.807) is 0 Å². The molecular weight excluding hydrogens is 414 g/mol. The van der Waals surface area contributed by atoms with Gasteiger partial charge in [0, 0.05) is 77.1 Å². The van der Waals surface area contributed by atoms with Crippen molar-refractivity contribution in [2.24, 2.45) is 5.92 Å². The maximum atomic E-state index is 13.0. The Kier molecular flexibility index (Phi) is 8.92. The van der Waals surface area contributed by atoms with Gasteiger partial charge in [0.1, 0.15) is 0 Å². The number of Topliss-reactive ketones (excluding diaryl/α,β-unsaturated/α-hetero) is 1. The fourth-order valence-corrected chi connectivity index (χ4v) is 5.07. The average molecular weight is 456 g/mol. The summed E-state index contributed by atoms with van der Waals surface area (Å²) in [5.74, 6) is 0.509. The molecule has 1 saturated heterocycles. The van der Waals surface area contributed by atoms with Crippen LogP contribution < -0.4 is 5.32 Å². The quantitative estimate of drug-likeness (QED) is 0.611.